The Hall–Kier alpha value is -1.22. The first-order valence-corrected chi connectivity index (χ1v) is 5.71. The Labute approximate surface area is 100 Å². The van der Waals surface area contributed by atoms with E-state index in [-0.39, 0.29) is 0 Å². The Bertz CT molecular complexity index is 441. The van der Waals surface area contributed by atoms with Gasteiger partial charge in [-0.25, -0.2) is 4.99 Å². The molecule has 0 unspecified atom stereocenters. The van der Waals surface area contributed by atoms with Gasteiger partial charge in [0.2, 0.25) is 0 Å². The molecule has 0 saturated carbocycles. The number of anilines is 1. The van der Waals surface area contributed by atoms with Crippen LogP contribution in [0.15, 0.2) is 23.2 Å². The zero-order chi connectivity index (χ0) is 11.8. The number of hydrogen-bond acceptors (Lipinski definition) is 2. The van der Waals surface area contributed by atoms with Crippen molar-refractivity contribution in [3.05, 3.63) is 28.8 Å². The van der Waals surface area contributed by atoms with E-state index in [1.54, 1.807) is 0 Å². The molecule has 1 aromatic rings. The Morgan fingerprint density at radius 3 is 2.88 bits per heavy atom. The maximum atomic E-state index is 5.99. The van der Waals surface area contributed by atoms with E-state index in [9.17, 15) is 0 Å². The Balaban J connectivity index is 2.47. The summed E-state index contributed by atoms with van der Waals surface area (Å²) in [6, 6.07) is 6.31. The highest BCUT2D eigenvalue weighted by atomic mass is 35.5. The minimum absolute atomic E-state index is 0.403. The molecular formula is C12H15ClN2O. The molecule has 0 aromatic heterocycles. The van der Waals surface area contributed by atoms with Gasteiger partial charge in [-0.2, -0.15) is 0 Å². The molecule has 1 heterocycles. The lowest BCUT2D eigenvalue weighted by Gasteiger charge is -2.34. The maximum absolute atomic E-state index is 5.99. The van der Waals surface area contributed by atoms with Gasteiger partial charge in [-0.3, -0.25) is 0 Å². The van der Waals surface area contributed by atoms with Crippen LogP contribution in [0.1, 0.15) is 26.3 Å². The van der Waals surface area contributed by atoms with Crippen molar-refractivity contribution in [3.8, 4) is 0 Å². The van der Waals surface area contributed by atoms with Crippen molar-refractivity contribution in [2.75, 3.05) is 11.9 Å². The van der Waals surface area contributed by atoms with Gasteiger partial charge in [0.25, 0.3) is 6.02 Å². The number of halogens is 1. The van der Waals surface area contributed by atoms with Gasteiger partial charge in [0.1, 0.15) is 5.60 Å². The molecule has 0 saturated heterocycles. The lowest BCUT2D eigenvalue weighted by molar-refractivity contribution is 0.0892. The SMILES string of the molecule is CCN=C1Nc2ccc(Cl)cc2C(C)(C)O1. The standard InChI is InChI=1S/C12H15ClN2O/c1-4-14-11-15-10-6-5-8(13)7-9(10)12(2,3)16-11/h5-7H,4H2,1-3H3,(H,14,15). The van der Waals surface area contributed by atoms with Crippen molar-refractivity contribution in [3.63, 3.8) is 0 Å². The molecule has 16 heavy (non-hydrogen) atoms. The number of amidine groups is 1. The zero-order valence-corrected chi connectivity index (χ0v) is 10.4. The van der Waals surface area contributed by atoms with E-state index < -0.39 is 5.60 Å². The van der Waals surface area contributed by atoms with E-state index in [4.69, 9.17) is 16.3 Å². The van der Waals surface area contributed by atoms with Gasteiger partial charge in [0.05, 0.1) is 0 Å². The van der Waals surface area contributed by atoms with Crippen molar-refractivity contribution < 1.29 is 4.74 Å². The molecule has 2 rings (SSSR count). The minimum Gasteiger partial charge on any atom is -0.454 e. The highest BCUT2D eigenvalue weighted by molar-refractivity contribution is 6.30. The normalized spacial score (nSPS) is 19.9. The van der Waals surface area contributed by atoms with Crippen LogP contribution in [-0.4, -0.2) is 12.6 Å². The quantitative estimate of drug-likeness (QED) is 0.814. The topological polar surface area (TPSA) is 33.6 Å². The van der Waals surface area contributed by atoms with Crippen LogP contribution in [0.5, 0.6) is 0 Å². The summed E-state index contributed by atoms with van der Waals surface area (Å²) in [5, 5.41) is 3.87. The van der Waals surface area contributed by atoms with Crippen LogP contribution in [0, 0.1) is 0 Å². The molecule has 0 aliphatic carbocycles. The molecule has 3 nitrogen and oxygen atoms in total. The van der Waals surface area contributed by atoms with Gasteiger partial charge in [-0.15, -0.1) is 0 Å². The molecule has 0 radical (unpaired) electrons. The maximum Gasteiger partial charge on any atom is 0.290 e. The third kappa shape index (κ3) is 2.00. The molecule has 1 aromatic carbocycles. The molecule has 1 aliphatic heterocycles. The summed E-state index contributed by atoms with van der Waals surface area (Å²) in [5.41, 5.74) is 1.65. The second-order valence-electron chi connectivity index (χ2n) is 4.21. The van der Waals surface area contributed by atoms with Gasteiger partial charge in [0, 0.05) is 22.8 Å². The number of fused-ring (bicyclic) bond motifs is 1. The Morgan fingerprint density at radius 2 is 2.19 bits per heavy atom. The fourth-order valence-corrected chi connectivity index (χ4v) is 1.95. The largest absolute Gasteiger partial charge is 0.454 e. The summed E-state index contributed by atoms with van der Waals surface area (Å²) in [4.78, 5) is 4.25. The highest BCUT2D eigenvalue weighted by Gasteiger charge is 2.32. The first kappa shape index (κ1) is 11.3. The van der Waals surface area contributed by atoms with Crippen molar-refractivity contribution in [1.29, 1.82) is 0 Å². The van der Waals surface area contributed by atoms with Gasteiger partial charge >= 0.3 is 0 Å². The Morgan fingerprint density at radius 1 is 1.44 bits per heavy atom. The number of ether oxygens (including phenoxy) is 1. The van der Waals surface area contributed by atoms with Gasteiger partial charge in [-0.05, 0) is 39.0 Å². The Kier molecular flexibility index (Phi) is 2.80. The average Bonchev–Trinajstić information content (AvgIpc) is 2.19. The average molecular weight is 239 g/mol. The molecule has 1 aliphatic rings. The highest BCUT2D eigenvalue weighted by Crippen LogP contribution is 2.36. The van der Waals surface area contributed by atoms with Crippen LogP contribution in [0.3, 0.4) is 0 Å². The predicted molar refractivity (Wildman–Crippen MR) is 67.2 cm³/mol. The lowest BCUT2D eigenvalue weighted by Crippen LogP contribution is -2.35. The van der Waals surface area contributed by atoms with Crippen LogP contribution >= 0.6 is 11.6 Å². The molecule has 0 spiro atoms. The van der Waals surface area contributed by atoms with Crippen molar-refractivity contribution in [1.82, 2.24) is 0 Å². The molecule has 0 amide bonds. The summed E-state index contributed by atoms with van der Waals surface area (Å²) < 4.78 is 5.78. The summed E-state index contributed by atoms with van der Waals surface area (Å²) >= 11 is 5.99. The van der Waals surface area contributed by atoms with Crippen molar-refractivity contribution in [2.45, 2.75) is 26.4 Å². The lowest BCUT2D eigenvalue weighted by atomic mass is 9.95. The molecule has 0 bridgehead atoms. The number of nitrogens with one attached hydrogen (secondary N) is 1. The predicted octanol–water partition coefficient (Wildman–Crippen LogP) is 3.39. The van der Waals surface area contributed by atoms with Gasteiger partial charge < -0.3 is 10.1 Å². The molecule has 0 fully saturated rings. The fourth-order valence-electron chi connectivity index (χ4n) is 1.78. The third-order valence-corrected chi connectivity index (χ3v) is 2.76. The zero-order valence-electron chi connectivity index (χ0n) is 9.67. The van der Waals surface area contributed by atoms with E-state index in [0.717, 1.165) is 11.3 Å². The summed E-state index contributed by atoms with van der Waals surface area (Å²) in [6.45, 7) is 6.69. The van der Waals surface area contributed by atoms with E-state index >= 15 is 0 Å². The second kappa shape index (κ2) is 3.98. The van der Waals surface area contributed by atoms with E-state index in [1.807, 2.05) is 39.0 Å². The molecule has 1 N–H and O–H groups in total. The van der Waals surface area contributed by atoms with E-state index in [0.29, 0.717) is 17.6 Å². The monoisotopic (exact) mass is 238 g/mol. The van der Waals surface area contributed by atoms with Crippen LogP contribution in [-0.2, 0) is 10.3 Å². The summed E-state index contributed by atoms with van der Waals surface area (Å²) in [6.07, 6.45) is 0. The number of aliphatic imine (C=N–C) groups is 1. The molecule has 4 heteroatoms. The van der Waals surface area contributed by atoms with Gasteiger partial charge in [-0.1, -0.05) is 11.6 Å². The summed E-state index contributed by atoms with van der Waals surface area (Å²) in [5.74, 6) is 0. The minimum atomic E-state index is -0.403. The van der Waals surface area contributed by atoms with E-state index in [2.05, 4.69) is 10.3 Å². The van der Waals surface area contributed by atoms with Crippen LogP contribution in [0.4, 0.5) is 5.69 Å². The number of benzene rings is 1. The second-order valence-corrected chi connectivity index (χ2v) is 4.64. The fraction of sp³-hybridized carbons (Fsp3) is 0.417. The van der Waals surface area contributed by atoms with E-state index in [1.165, 1.54) is 0 Å². The smallest absolute Gasteiger partial charge is 0.290 e. The third-order valence-electron chi connectivity index (χ3n) is 2.53. The number of rotatable bonds is 1. The van der Waals surface area contributed by atoms with Crippen molar-refractivity contribution in [2.24, 2.45) is 4.99 Å². The molecule has 0 atom stereocenters. The van der Waals surface area contributed by atoms with Crippen molar-refractivity contribution >= 4 is 23.3 Å². The molecular weight excluding hydrogens is 224 g/mol. The number of hydrogen-bond donors (Lipinski definition) is 1. The van der Waals surface area contributed by atoms with Crippen LogP contribution in [0.2, 0.25) is 5.02 Å². The first-order valence-electron chi connectivity index (χ1n) is 5.33. The molecule has 86 valence electrons. The number of nitrogens with zero attached hydrogens (tertiary/aromatic N) is 1. The first-order chi connectivity index (χ1) is 7.53. The van der Waals surface area contributed by atoms with Gasteiger partial charge in [0.15, 0.2) is 0 Å². The van der Waals surface area contributed by atoms with Crippen LogP contribution < -0.4 is 5.32 Å². The summed E-state index contributed by atoms with van der Waals surface area (Å²) in [7, 11) is 0. The van der Waals surface area contributed by atoms with Crippen LogP contribution in [0.25, 0.3) is 0 Å².